The topological polar surface area (TPSA) is 72.6 Å². The van der Waals surface area contributed by atoms with Crippen LogP contribution in [0.15, 0.2) is 46.9 Å². The smallest absolute Gasteiger partial charge is 0.311 e. The van der Waals surface area contributed by atoms with Crippen molar-refractivity contribution in [1.29, 1.82) is 0 Å². The van der Waals surface area contributed by atoms with E-state index in [-0.39, 0.29) is 33.5 Å². The van der Waals surface area contributed by atoms with E-state index < -0.39 is 5.41 Å². The second kappa shape index (κ2) is 10.9. The summed E-state index contributed by atoms with van der Waals surface area (Å²) in [5, 5.41) is 0. The zero-order valence-electron chi connectivity index (χ0n) is 30.5. The van der Waals surface area contributed by atoms with Crippen molar-refractivity contribution in [2.24, 2.45) is 33.0 Å². The summed E-state index contributed by atoms with van der Waals surface area (Å²) in [6.45, 7) is 16.0. The van der Waals surface area contributed by atoms with Gasteiger partial charge in [0.05, 0.1) is 12.5 Å². The molecule has 3 fully saturated rings. The number of carbonyl (C=O) groups is 2. The Morgan fingerprint density at radius 2 is 1.67 bits per heavy atom. The Hall–Kier alpha value is -3.67. The number of nitrogens with zero attached hydrogens (tertiary/aromatic N) is 2. The van der Waals surface area contributed by atoms with Crippen molar-refractivity contribution < 1.29 is 18.7 Å². The Morgan fingerprint density at radius 3 is 2.39 bits per heavy atom. The average Bonchev–Trinajstić information content (AvgIpc) is 3.55. The van der Waals surface area contributed by atoms with Gasteiger partial charge in [-0.25, -0.2) is 4.98 Å². The second-order valence-corrected chi connectivity index (χ2v) is 17.3. The fourth-order valence-electron chi connectivity index (χ4n) is 11.3. The maximum Gasteiger partial charge on any atom is 0.311 e. The molecule has 1 aliphatic heterocycles. The third-order valence-electron chi connectivity index (χ3n) is 14.9. The summed E-state index contributed by atoms with van der Waals surface area (Å²) < 4.78 is 11.8. The lowest BCUT2D eigenvalue weighted by molar-refractivity contribution is -0.190. The van der Waals surface area contributed by atoms with Crippen molar-refractivity contribution in [1.82, 2.24) is 9.88 Å². The van der Waals surface area contributed by atoms with Gasteiger partial charge in [0.25, 0.3) is 5.91 Å². The molecule has 6 nitrogen and oxygen atoms in total. The van der Waals surface area contributed by atoms with E-state index in [0.29, 0.717) is 17.4 Å². The van der Waals surface area contributed by atoms with Crippen LogP contribution in [0, 0.1) is 39.9 Å². The molecule has 1 amide bonds. The van der Waals surface area contributed by atoms with Crippen LogP contribution >= 0.6 is 0 Å². The number of allylic oxidation sites excluding steroid dienone is 3. The van der Waals surface area contributed by atoms with E-state index in [1.165, 1.54) is 29.5 Å². The number of aromatic nitrogens is 1. The predicted octanol–water partition coefficient (Wildman–Crippen LogP) is 10.0. The van der Waals surface area contributed by atoms with E-state index in [2.05, 4.69) is 65.8 Å². The number of methoxy groups -OCH3 is 1. The molecule has 0 bridgehead atoms. The summed E-state index contributed by atoms with van der Waals surface area (Å²) >= 11 is 0. The fourth-order valence-corrected chi connectivity index (χ4v) is 11.3. The minimum Gasteiger partial charge on any atom is -0.469 e. The number of oxazole rings is 1. The molecule has 4 aliphatic carbocycles. The van der Waals surface area contributed by atoms with E-state index in [1.807, 2.05) is 29.2 Å². The molecule has 258 valence electrons. The number of piperidine rings is 1. The van der Waals surface area contributed by atoms with Crippen LogP contribution in [0.3, 0.4) is 0 Å². The molecule has 0 spiro atoms. The molecule has 3 aromatic rings. The lowest BCUT2D eigenvalue weighted by atomic mass is 9.33. The maximum absolute atomic E-state index is 13.1. The second-order valence-electron chi connectivity index (χ2n) is 17.3. The van der Waals surface area contributed by atoms with E-state index in [0.717, 1.165) is 80.3 Å². The van der Waals surface area contributed by atoms with Crippen LogP contribution in [-0.2, 0) is 9.53 Å². The van der Waals surface area contributed by atoms with Crippen LogP contribution in [-0.4, -0.2) is 42.0 Å². The first-order valence-electron chi connectivity index (χ1n) is 18.6. The molecule has 6 heteroatoms. The van der Waals surface area contributed by atoms with E-state index >= 15 is 0 Å². The largest absolute Gasteiger partial charge is 0.469 e. The lowest BCUT2D eigenvalue weighted by Crippen LogP contribution is -2.63. The Morgan fingerprint density at radius 1 is 0.959 bits per heavy atom. The summed E-state index contributed by atoms with van der Waals surface area (Å²) in [4.78, 5) is 33.2. The van der Waals surface area contributed by atoms with Gasteiger partial charge in [-0.3, -0.25) is 9.59 Å². The van der Waals surface area contributed by atoms with Gasteiger partial charge in [0.1, 0.15) is 5.52 Å². The fraction of sp³-hybridized carbons (Fsp3) is 0.558. The SMILES string of the molecule is COC(=O)[C@]1(C)CC[C@]2(C)CC[C@@]3(C)[C@@](C)(CC=C4c5cc6nc(-c7ccc(C(=O)N8CCCCC8)cc7)oc6c(C)c5C=C[C@]43C)[C@H]2C1. The summed E-state index contributed by atoms with van der Waals surface area (Å²) in [5.41, 5.74) is 7.91. The Bertz CT molecular complexity index is 1930. The molecule has 1 saturated heterocycles. The molecule has 2 heterocycles. The quantitative estimate of drug-likeness (QED) is 0.262. The van der Waals surface area contributed by atoms with E-state index in [4.69, 9.17) is 14.1 Å². The van der Waals surface area contributed by atoms with Crippen molar-refractivity contribution in [3.05, 3.63) is 64.7 Å². The number of hydrogen-bond donors (Lipinski definition) is 0. The number of fused-ring (bicyclic) bond motifs is 8. The number of hydrogen-bond acceptors (Lipinski definition) is 5. The predicted molar refractivity (Wildman–Crippen MR) is 195 cm³/mol. The highest BCUT2D eigenvalue weighted by atomic mass is 16.5. The number of esters is 1. The highest BCUT2D eigenvalue weighted by molar-refractivity contribution is 5.96. The van der Waals surface area contributed by atoms with Crippen LogP contribution in [0.1, 0.15) is 119 Å². The van der Waals surface area contributed by atoms with Gasteiger partial charge in [-0.1, -0.05) is 45.9 Å². The van der Waals surface area contributed by atoms with Gasteiger partial charge in [-0.05, 0) is 141 Å². The molecular weight excluding hydrogens is 608 g/mol. The van der Waals surface area contributed by atoms with Crippen molar-refractivity contribution in [3.63, 3.8) is 0 Å². The van der Waals surface area contributed by atoms with E-state index in [1.54, 1.807) is 7.11 Å². The van der Waals surface area contributed by atoms with Crippen LogP contribution < -0.4 is 0 Å². The van der Waals surface area contributed by atoms with Crippen LogP contribution in [0.2, 0.25) is 0 Å². The van der Waals surface area contributed by atoms with Crippen LogP contribution in [0.5, 0.6) is 0 Å². The number of likely N-dealkylation sites (tertiary alicyclic amines) is 1. The van der Waals surface area contributed by atoms with Crippen LogP contribution in [0.25, 0.3) is 34.2 Å². The Labute approximate surface area is 291 Å². The molecule has 8 rings (SSSR count). The number of amides is 1. The van der Waals surface area contributed by atoms with Crippen LogP contribution in [0.4, 0.5) is 0 Å². The molecule has 49 heavy (non-hydrogen) atoms. The lowest BCUT2D eigenvalue weighted by Gasteiger charge is -2.70. The summed E-state index contributed by atoms with van der Waals surface area (Å²) in [7, 11) is 1.54. The first-order valence-corrected chi connectivity index (χ1v) is 18.6. The Kier molecular flexibility index (Phi) is 7.24. The first-order chi connectivity index (χ1) is 23.3. The molecule has 1 aromatic heterocycles. The molecule has 2 aromatic carbocycles. The molecule has 5 aliphatic rings. The van der Waals surface area contributed by atoms with Gasteiger partial charge < -0.3 is 14.1 Å². The monoisotopic (exact) mass is 660 g/mol. The van der Waals surface area contributed by atoms with Crippen molar-refractivity contribution >= 4 is 34.6 Å². The Balaban J connectivity index is 1.15. The summed E-state index contributed by atoms with van der Waals surface area (Å²) in [6, 6.07) is 10.00. The summed E-state index contributed by atoms with van der Waals surface area (Å²) in [5.74, 6) is 1.06. The van der Waals surface area contributed by atoms with Gasteiger partial charge in [0, 0.05) is 35.2 Å². The number of aryl methyl sites for hydroxylation is 1. The third-order valence-corrected chi connectivity index (χ3v) is 14.9. The minimum atomic E-state index is -0.434. The first kappa shape index (κ1) is 32.5. The third kappa shape index (κ3) is 4.47. The highest BCUT2D eigenvalue weighted by Gasteiger charge is 2.68. The average molecular weight is 661 g/mol. The van der Waals surface area contributed by atoms with Crippen molar-refractivity contribution in [3.8, 4) is 11.5 Å². The van der Waals surface area contributed by atoms with E-state index in [9.17, 15) is 9.59 Å². The van der Waals surface area contributed by atoms with Crippen molar-refractivity contribution in [2.45, 2.75) is 99.3 Å². The van der Waals surface area contributed by atoms with Gasteiger partial charge in [0.2, 0.25) is 5.89 Å². The molecular formula is C43H52N2O4. The molecule has 0 radical (unpaired) electrons. The molecule has 0 N–H and O–H groups in total. The van der Waals surface area contributed by atoms with Gasteiger partial charge in [-0.2, -0.15) is 0 Å². The molecule has 6 atom stereocenters. The minimum absolute atomic E-state index is 0.00203. The normalized spacial score (nSPS) is 35.1. The number of carbonyl (C=O) groups excluding carboxylic acids is 2. The van der Waals surface area contributed by atoms with Gasteiger partial charge in [-0.15, -0.1) is 0 Å². The number of benzene rings is 2. The van der Waals surface area contributed by atoms with Gasteiger partial charge in [0.15, 0.2) is 5.58 Å². The highest BCUT2D eigenvalue weighted by Crippen LogP contribution is 2.76. The maximum atomic E-state index is 13.1. The standard InChI is InChI=1S/C43H52N2O4/c1-27-30-15-17-41(4)32(16-18-42(5)34-26-40(3,38(47)48-7)20-19-39(34,2)21-22-43(41,42)6)31(30)25-33-35(27)49-36(44-33)28-11-13-29(14-12-28)37(46)45-23-9-8-10-24-45/h11-17,25,34H,8-10,18-24,26H2,1-7H3/t34-,39+,40+,41+,42-,43+/m0/s1. The van der Waals surface area contributed by atoms with Crippen molar-refractivity contribution in [2.75, 3.05) is 20.2 Å². The summed E-state index contributed by atoms with van der Waals surface area (Å²) in [6.07, 6.45) is 16.9. The van der Waals surface area contributed by atoms with Gasteiger partial charge >= 0.3 is 5.97 Å². The molecule has 0 unspecified atom stereocenters. The zero-order valence-corrected chi connectivity index (χ0v) is 30.5. The zero-order chi connectivity index (χ0) is 34.6. The molecule has 2 saturated carbocycles. The number of rotatable bonds is 3. The number of ether oxygens (including phenoxy) is 1.